The molecule has 2 amide bonds. The first-order chi connectivity index (χ1) is 10.1. The molecule has 5 nitrogen and oxygen atoms in total. The number of halogens is 2. The largest absolute Gasteiger partial charge is 0.379 e. The standard InChI is InChI=1S/C14H14Br2N4O/c1-17-14(21)20-11-4-2-10(3-5-11)18-8-13-12(16)6-9(15)7-19-13/h2-7,18H,8H2,1H3,(H2,17,20,21). The van der Waals surface area contributed by atoms with Gasteiger partial charge in [-0.05, 0) is 62.2 Å². The van der Waals surface area contributed by atoms with E-state index in [1.165, 1.54) is 0 Å². The van der Waals surface area contributed by atoms with Crippen molar-refractivity contribution in [2.45, 2.75) is 6.54 Å². The van der Waals surface area contributed by atoms with E-state index in [-0.39, 0.29) is 6.03 Å². The lowest BCUT2D eigenvalue weighted by molar-refractivity contribution is 0.254. The maximum Gasteiger partial charge on any atom is 0.318 e. The minimum Gasteiger partial charge on any atom is -0.379 e. The Balaban J connectivity index is 1.96. The Bertz CT molecular complexity index is 631. The number of rotatable bonds is 4. The first-order valence-corrected chi connectivity index (χ1v) is 7.79. The first-order valence-electron chi connectivity index (χ1n) is 6.21. The summed E-state index contributed by atoms with van der Waals surface area (Å²) in [5, 5.41) is 8.49. The van der Waals surface area contributed by atoms with Crippen molar-refractivity contribution in [3.05, 3.63) is 51.2 Å². The highest BCUT2D eigenvalue weighted by atomic mass is 79.9. The SMILES string of the molecule is CNC(=O)Nc1ccc(NCc2ncc(Br)cc2Br)cc1. The van der Waals surface area contributed by atoms with Crippen LogP contribution in [0, 0.1) is 0 Å². The lowest BCUT2D eigenvalue weighted by Crippen LogP contribution is -2.24. The van der Waals surface area contributed by atoms with Gasteiger partial charge in [0.05, 0.1) is 12.2 Å². The summed E-state index contributed by atoms with van der Waals surface area (Å²) in [6.07, 6.45) is 1.76. The minimum atomic E-state index is -0.237. The van der Waals surface area contributed by atoms with Crippen LogP contribution in [0.15, 0.2) is 45.5 Å². The van der Waals surface area contributed by atoms with Crippen LogP contribution >= 0.6 is 31.9 Å². The van der Waals surface area contributed by atoms with Crippen molar-refractivity contribution in [2.75, 3.05) is 17.7 Å². The minimum absolute atomic E-state index is 0.237. The molecule has 1 heterocycles. The molecule has 0 bridgehead atoms. The summed E-state index contributed by atoms with van der Waals surface area (Å²) in [6, 6.07) is 9.19. The molecule has 0 spiro atoms. The molecule has 0 aliphatic heterocycles. The number of nitrogens with one attached hydrogen (secondary N) is 3. The third-order valence-corrected chi connectivity index (χ3v) is 3.83. The van der Waals surface area contributed by atoms with E-state index in [1.807, 2.05) is 30.3 Å². The second kappa shape index (κ2) is 7.42. The topological polar surface area (TPSA) is 66.1 Å². The zero-order valence-electron chi connectivity index (χ0n) is 11.3. The van der Waals surface area contributed by atoms with Gasteiger partial charge in [-0.15, -0.1) is 0 Å². The van der Waals surface area contributed by atoms with E-state index in [4.69, 9.17) is 0 Å². The Kier molecular flexibility index (Phi) is 5.58. The van der Waals surface area contributed by atoms with Crippen LogP contribution in [-0.4, -0.2) is 18.1 Å². The predicted octanol–water partition coefficient (Wildman–Crippen LogP) is 3.97. The monoisotopic (exact) mass is 412 g/mol. The average Bonchev–Trinajstić information content (AvgIpc) is 2.48. The van der Waals surface area contributed by atoms with Crippen LogP contribution in [0.5, 0.6) is 0 Å². The van der Waals surface area contributed by atoms with Gasteiger partial charge in [0.2, 0.25) is 0 Å². The second-order valence-corrected chi connectivity index (χ2v) is 5.99. The maximum atomic E-state index is 11.2. The van der Waals surface area contributed by atoms with Crippen LogP contribution in [0.2, 0.25) is 0 Å². The molecule has 21 heavy (non-hydrogen) atoms. The molecule has 7 heteroatoms. The van der Waals surface area contributed by atoms with Crippen molar-refractivity contribution in [2.24, 2.45) is 0 Å². The highest BCUT2D eigenvalue weighted by Crippen LogP contribution is 2.21. The molecule has 1 aromatic carbocycles. The molecule has 2 rings (SSSR count). The number of amides is 2. The molecule has 1 aromatic heterocycles. The molecule has 0 saturated heterocycles. The molecular formula is C14H14Br2N4O. The van der Waals surface area contributed by atoms with Gasteiger partial charge in [0.15, 0.2) is 0 Å². The Labute approximate surface area is 139 Å². The number of anilines is 2. The number of benzene rings is 1. The third-order valence-electron chi connectivity index (χ3n) is 2.71. The molecule has 110 valence electrons. The van der Waals surface area contributed by atoms with E-state index in [1.54, 1.807) is 13.2 Å². The van der Waals surface area contributed by atoms with E-state index in [0.29, 0.717) is 6.54 Å². The normalized spacial score (nSPS) is 10.0. The Hall–Kier alpha value is -1.60. The lowest BCUT2D eigenvalue weighted by atomic mass is 10.2. The highest BCUT2D eigenvalue weighted by molar-refractivity contribution is 9.11. The quantitative estimate of drug-likeness (QED) is 0.710. The zero-order valence-corrected chi connectivity index (χ0v) is 14.5. The van der Waals surface area contributed by atoms with Crippen molar-refractivity contribution in [1.82, 2.24) is 10.3 Å². The van der Waals surface area contributed by atoms with Gasteiger partial charge >= 0.3 is 6.03 Å². The molecular weight excluding hydrogens is 400 g/mol. The van der Waals surface area contributed by atoms with Crippen LogP contribution in [-0.2, 0) is 6.54 Å². The molecule has 3 N–H and O–H groups in total. The molecule has 0 saturated carbocycles. The van der Waals surface area contributed by atoms with Crippen molar-refractivity contribution in [3.8, 4) is 0 Å². The number of hydrogen-bond acceptors (Lipinski definition) is 3. The fourth-order valence-corrected chi connectivity index (χ4v) is 2.75. The van der Waals surface area contributed by atoms with Crippen molar-refractivity contribution >= 4 is 49.3 Å². The predicted molar refractivity (Wildman–Crippen MR) is 91.5 cm³/mol. The van der Waals surface area contributed by atoms with Crippen LogP contribution in [0.4, 0.5) is 16.2 Å². The lowest BCUT2D eigenvalue weighted by Gasteiger charge is -2.09. The van der Waals surface area contributed by atoms with Crippen LogP contribution in [0.3, 0.4) is 0 Å². The Morgan fingerprint density at radius 2 is 1.86 bits per heavy atom. The zero-order chi connectivity index (χ0) is 15.2. The van der Waals surface area contributed by atoms with Crippen LogP contribution in [0.25, 0.3) is 0 Å². The van der Waals surface area contributed by atoms with Gasteiger partial charge in [0.1, 0.15) is 0 Å². The highest BCUT2D eigenvalue weighted by Gasteiger charge is 2.03. The van der Waals surface area contributed by atoms with Gasteiger partial charge in [-0.2, -0.15) is 0 Å². The van der Waals surface area contributed by atoms with Gasteiger partial charge in [0, 0.05) is 33.6 Å². The molecule has 0 aliphatic rings. The first kappa shape index (κ1) is 15.8. The average molecular weight is 414 g/mol. The van der Waals surface area contributed by atoms with Gasteiger partial charge < -0.3 is 16.0 Å². The number of hydrogen-bond donors (Lipinski definition) is 3. The number of carbonyl (C=O) groups is 1. The number of urea groups is 1. The van der Waals surface area contributed by atoms with Gasteiger partial charge in [-0.25, -0.2) is 4.79 Å². The number of carbonyl (C=O) groups excluding carboxylic acids is 1. The summed E-state index contributed by atoms with van der Waals surface area (Å²) in [4.78, 5) is 15.5. The van der Waals surface area contributed by atoms with Crippen molar-refractivity contribution in [3.63, 3.8) is 0 Å². The number of nitrogens with zero attached hydrogens (tertiary/aromatic N) is 1. The Morgan fingerprint density at radius 1 is 1.19 bits per heavy atom. The smallest absolute Gasteiger partial charge is 0.318 e. The van der Waals surface area contributed by atoms with Gasteiger partial charge in [0.25, 0.3) is 0 Å². The fourth-order valence-electron chi connectivity index (χ4n) is 1.62. The van der Waals surface area contributed by atoms with E-state index < -0.39 is 0 Å². The summed E-state index contributed by atoms with van der Waals surface area (Å²) in [6.45, 7) is 0.607. The molecule has 2 aromatic rings. The van der Waals surface area contributed by atoms with Gasteiger partial charge in [-0.3, -0.25) is 4.98 Å². The molecule has 0 unspecified atom stereocenters. The molecule has 0 radical (unpaired) electrons. The van der Waals surface area contributed by atoms with Crippen LogP contribution < -0.4 is 16.0 Å². The van der Waals surface area contributed by atoms with Gasteiger partial charge in [-0.1, -0.05) is 0 Å². The molecule has 0 atom stereocenters. The Morgan fingerprint density at radius 3 is 2.48 bits per heavy atom. The van der Waals surface area contributed by atoms with Crippen LogP contribution in [0.1, 0.15) is 5.69 Å². The fraction of sp³-hybridized carbons (Fsp3) is 0.143. The van der Waals surface area contributed by atoms with Crippen molar-refractivity contribution in [1.29, 1.82) is 0 Å². The van der Waals surface area contributed by atoms with Crippen molar-refractivity contribution < 1.29 is 4.79 Å². The van der Waals surface area contributed by atoms with E-state index in [2.05, 4.69) is 52.8 Å². The van der Waals surface area contributed by atoms with E-state index in [9.17, 15) is 4.79 Å². The summed E-state index contributed by atoms with van der Waals surface area (Å²) < 4.78 is 1.88. The number of aromatic nitrogens is 1. The number of pyridine rings is 1. The summed E-state index contributed by atoms with van der Waals surface area (Å²) in [7, 11) is 1.58. The summed E-state index contributed by atoms with van der Waals surface area (Å²) in [5.41, 5.74) is 2.61. The molecule has 0 aliphatic carbocycles. The van der Waals surface area contributed by atoms with E-state index in [0.717, 1.165) is 26.0 Å². The third kappa shape index (κ3) is 4.71. The maximum absolute atomic E-state index is 11.2. The summed E-state index contributed by atoms with van der Waals surface area (Å²) >= 11 is 6.85. The van der Waals surface area contributed by atoms with E-state index >= 15 is 0 Å². The molecule has 0 fully saturated rings. The second-order valence-electron chi connectivity index (χ2n) is 4.22. The summed E-state index contributed by atoms with van der Waals surface area (Å²) in [5.74, 6) is 0.